The Balaban J connectivity index is 0. The van der Waals surface area contributed by atoms with Gasteiger partial charge in [0.15, 0.2) is 0 Å². The lowest BCUT2D eigenvalue weighted by Gasteiger charge is -2.01. The van der Waals surface area contributed by atoms with Crippen LogP contribution in [0.1, 0.15) is 91.4 Å². The van der Waals surface area contributed by atoms with E-state index in [1.54, 1.807) is 0 Å². The zero-order valence-electron chi connectivity index (χ0n) is 14.6. The molecule has 0 rings (SSSR count). The van der Waals surface area contributed by atoms with Crippen LogP contribution in [0, 0.1) is 0 Å². The molecule has 1 N–H and O–H groups in total. The lowest BCUT2D eigenvalue weighted by molar-refractivity contribution is 0.261. The van der Waals surface area contributed by atoms with Crippen molar-refractivity contribution in [2.75, 3.05) is 6.61 Å². The Morgan fingerprint density at radius 1 is 0.792 bits per heavy atom. The average molecular weight is 363 g/mol. The molecule has 0 spiro atoms. The second-order valence-corrected chi connectivity index (χ2v) is 6.93. The van der Waals surface area contributed by atoms with E-state index >= 15 is 0 Å². The Bertz CT molecular complexity index is 400. The first-order chi connectivity index (χ1) is 11.1. The summed E-state index contributed by atoms with van der Waals surface area (Å²) in [5.74, 6) is 0. The summed E-state index contributed by atoms with van der Waals surface area (Å²) in [6.45, 7) is 2.30. The highest BCUT2D eigenvalue weighted by atomic mass is 32.3. The number of rotatable bonds is 16. The highest BCUT2D eigenvalue weighted by Gasteiger charge is 2.02. The third-order valence-corrected chi connectivity index (χ3v) is 4.04. The zero-order valence-corrected chi connectivity index (χ0v) is 15.4. The third-order valence-electron chi connectivity index (χ3n) is 3.58. The smallest absolute Gasteiger partial charge is 0.264 e. The van der Waals surface area contributed by atoms with Gasteiger partial charge in [-0.2, -0.15) is 8.42 Å². The highest BCUT2D eigenvalue weighted by molar-refractivity contribution is 7.80. The second kappa shape index (κ2) is 18.7. The number of unbranched alkanes of at least 4 members (excludes halogenated alkanes) is 9. The van der Waals surface area contributed by atoms with Crippen molar-refractivity contribution in [3.8, 4) is 0 Å². The molecule has 0 aliphatic rings. The quantitative estimate of drug-likeness (QED) is 0.200. The second-order valence-electron chi connectivity index (χ2n) is 5.83. The molecular weight excluding hydrogens is 324 g/mol. The predicted octanol–water partition coefficient (Wildman–Crippen LogP) is 6.26. The SMILES string of the molecule is C.CCCCC/C=C\C/C=C\CCCCCCCCOS(=O)(=O)O. The molecule has 5 heteroatoms. The third kappa shape index (κ3) is 23.6. The summed E-state index contributed by atoms with van der Waals surface area (Å²) >= 11 is 0. The number of hydrogen-bond donors (Lipinski definition) is 1. The molecule has 0 amide bonds. The minimum atomic E-state index is -4.26. The van der Waals surface area contributed by atoms with Crippen LogP contribution in [0.4, 0.5) is 0 Å². The van der Waals surface area contributed by atoms with Gasteiger partial charge < -0.3 is 0 Å². The highest BCUT2D eigenvalue weighted by Crippen LogP contribution is 2.08. The van der Waals surface area contributed by atoms with E-state index in [-0.39, 0.29) is 14.0 Å². The van der Waals surface area contributed by atoms with Gasteiger partial charge in [0.2, 0.25) is 0 Å². The van der Waals surface area contributed by atoms with Gasteiger partial charge in [-0.15, -0.1) is 0 Å². The molecule has 24 heavy (non-hydrogen) atoms. The van der Waals surface area contributed by atoms with Crippen molar-refractivity contribution in [1.82, 2.24) is 0 Å². The average Bonchev–Trinajstić information content (AvgIpc) is 2.49. The van der Waals surface area contributed by atoms with E-state index < -0.39 is 10.4 Å². The summed E-state index contributed by atoms with van der Waals surface area (Å²) in [6.07, 6.45) is 22.6. The first-order valence-corrected chi connectivity index (χ1v) is 10.3. The molecule has 0 aliphatic carbocycles. The van der Waals surface area contributed by atoms with Gasteiger partial charge in [-0.25, -0.2) is 4.18 Å². The summed E-state index contributed by atoms with van der Waals surface area (Å²) in [4.78, 5) is 0. The summed E-state index contributed by atoms with van der Waals surface area (Å²) in [5, 5.41) is 0. The molecule has 144 valence electrons. The zero-order chi connectivity index (χ0) is 17.2. The van der Waals surface area contributed by atoms with E-state index in [9.17, 15) is 8.42 Å². The van der Waals surface area contributed by atoms with Crippen LogP contribution in [0.3, 0.4) is 0 Å². The Kier molecular flexibility index (Phi) is 19.9. The van der Waals surface area contributed by atoms with Crippen LogP contribution in [-0.2, 0) is 14.6 Å². The van der Waals surface area contributed by atoms with Crippen molar-refractivity contribution in [3.05, 3.63) is 24.3 Å². The topological polar surface area (TPSA) is 63.6 Å². The molecule has 0 atom stereocenters. The van der Waals surface area contributed by atoms with E-state index in [0.29, 0.717) is 6.42 Å². The van der Waals surface area contributed by atoms with Crippen molar-refractivity contribution in [1.29, 1.82) is 0 Å². The van der Waals surface area contributed by atoms with Crippen molar-refractivity contribution in [2.24, 2.45) is 0 Å². The molecular formula is C19H38O4S. The predicted molar refractivity (Wildman–Crippen MR) is 104 cm³/mol. The molecule has 0 aliphatic heterocycles. The summed E-state index contributed by atoms with van der Waals surface area (Å²) < 4.78 is 33.3. The monoisotopic (exact) mass is 362 g/mol. The molecule has 0 radical (unpaired) electrons. The van der Waals surface area contributed by atoms with Gasteiger partial charge in [0.05, 0.1) is 6.61 Å². The van der Waals surface area contributed by atoms with Crippen molar-refractivity contribution in [2.45, 2.75) is 91.4 Å². The Morgan fingerprint density at radius 2 is 1.29 bits per heavy atom. The fraction of sp³-hybridized carbons (Fsp3) is 0.789. The lowest BCUT2D eigenvalue weighted by Crippen LogP contribution is -2.04. The van der Waals surface area contributed by atoms with E-state index in [1.807, 2.05) is 0 Å². The fourth-order valence-corrected chi connectivity index (χ4v) is 2.58. The van der Waals surface area contributed by atoms with Crippen molar-refractivity contribution < 1.29 is 17.2 Å². The van der Waals surface area contributed by atoms with E-state index in [1.165, 1.54) is 38.5 Å². The largest absolute Gasteiger partial charge is 0.397 e. The summed E-state index contributed by atoms with van der Waals surface area (Å²) in [7, 11) is -4.26. The van der Waals surface area contributed by atoms with Crippen molar-refractivity contribution >= 4 is 10.4 Å². The van der Waals surface area contributed by atoms with Gasteiger partial charge in [0.1, 0.15) is 0 Å². The summed E-state index contributed by atoms with van der Waals surface area (Å²) in [5.41, 5.74) is 0. The molecule has 0 bridgehead atoms. The maximum Gasteiger partial charge on any atom is 0.397 e. The van der Waals surface area contributed by atoms with Crippen LogP contribution < -0.4 is 0 Å². The van der Waals surface area contributed by atoms with Gasteiger partial charge >= 0.3 is 10.4 Å². The molecule has 0 aromatic rings. The minimum absolute atomic E-state index is 0. The van der Waals surface area contributed by atoms with Gasteiger partial charge in [0.25, 0.3) is 0 Å². The first-order valence-electron chi connectivity index (χ1n) is 8.98. The molecule has 0 aromatic carbocycles. The van der Waals surface area contributed by atoms with Crippen LogP contribution in [0.25, 0.3) is 0 Å². The molecule has 4 nitrogen and oxygen atoms in total. The molecule has 0 heterocycles. The van der Waals surface area contributed by atoms with E-state index in [2.05, 4.69) is 35.4 Å². The van der Waals surface area contributed by atoms with Gasteiger partial charge in [-0.05, 0) is 38.5 Å². The fourth-order valence-electron chi connectivity index (χ4n) is 2.25. The van der Waals surface area contributed by atoms with E-state index in [0.717, 1.165) is 32.1 Å². The van der Waals surface area contributed by atoms with Gasteiger partial charge in [-0.1, -0.05) is 77.2 Å². The first kappa shape index (κ1) is 25.6. The van der Waals surface area contributed by atoms with Gasteiger partial charge in [0, 0.05) is 0 Å². The Morgan fingerprint density at radius 3 is 1.83 bits per heavy atom. The van der Waals surface area contributed by atoms with Crippen molar-refractivity contribution in [3.63, 3.8) is 0 Å². The van der Waals surface area contributed by atoms with Crippen LogP contribution in [0.15, 0.2) is 24.3 Å². The van der Waals surface area contributed by atoms with Crippen LogP contribution in [0.2, 0.25) is 0 Å². The number of allylic oxidation sites excluding steroid dienone is 4. The molecule has 0 saturated heterocycles. The maximum atomic E-state index is 10.3. The lowest BCUT2D eigenvalue weighted by atomic mass is 10.1. The minimum Gasteiger partial charge on any atom is -0.264 e. The van der Waals surface area contributed by atoms with E-state index in [4.69, 9.17) is 4.55 Å². The van der Waals surface area contributed by atoms with Gasteiger partial charge in [-0.3, -0.25) is 4.55 Å². The normalized spacial score (nSPS) is 12.1. The Labute approximate surface area is 150 Å². The molecule has 0 aromatic heterocycles. The molecule has 0 saturated carbocycles. The van der Waals surface area contributed by atoms with Crippen LogP contribution in [0.5, 0.6) is 0 Å². The standard InChI is InChI=1S/C18H34O4S.CH4/c1-2-3-4-5-6-7-8-9-10-11-12-13-14-15-16-17-18-22-23(19,20)21;/h6-7,9-10H,2-5,8,11-18H2,1H3,(H,19,20,21);1H4/b7-6-,10-9-;. The maximum absolute atomic E-state index is 10.3. The molecule has 0 fully saturated rings. The Hall–Kier alpha value is -0.650. The summed E-state index contributed by atoms with van der Waals surface area (Å²) in [6, 6.07) is 0. The number of hydrogen-bond acceptors (Lipinski definition) is 3. The van der Waals surface area contributed by atoms with Crippen LogP contribution >= 0.6 is 0 Å². The molecule has 0 unspecified atom stereocenters. The van der Waals surface area contributed by atoms with Crippen LogP contribution in [-0.4, -0.2) is 19.6 Å².